The molecule has 7 heteroatoms. The van der Waals surface area contributed by atoms with Crippen molar-refractivity contribution in [3.63, 3.8) is 0 Å². The Kier molecular flexibility index (Phi) is 5.74. The van der Waals surface area contributed by atoms with E-state index in [9.17, 15) is 14.4 Å². The van der Waals surface area contributed by atoms with Crippen LogP contribution in [0.25, 0.3) is 10.2 Å². The molecule has 1 saturated heterocycles. The van der Waals surface area contributed by atoms with E-state index in [0.29, 0.717) is 5.69 Å². The Morgan fingerprint density at radius 3 is 2.38 bits per heavy atom. The molecule has 0 radical (unpaired) electrons. The number of carbonyl (C=O) groups is 3. The third-order valence-corrected chi connectivity index (χ3v) is 7.46. The van der Waals surface area contributed by atoms with Gasteiger partial charge in [0.25, 0.3) is 0 Å². The topological polar surface area (TPSA) is 79.4 Å². The fourth-order valence-electron chi connectivity index (χ4n) is 4.76. The van der Waals surface area contributed by atoms with Crippen LogP contribution in [0.1, 0.15) is 42.7 Å². The molecule has 2 aromatic carbocycles. The number of amides is 3. The van der Waals surface area contributed by atoms with Crippen molar-refractivity contribution < 1.29 is 14.4 Å². The largest absolute Gasteiger partial charge is 0.326 e. The summed E-state index contributed by atoms with van der Waals surface area (Å²) < 4.78 is 1.18. The summed E-state index contributed by atoms with van der Waals surface area (Å²) in [7, 11) is 0. The molecule has 1 N–H and O–H groups in total. The van der Waals surface area contributed by atoms with Gasteiger partial charge in [0, 0.05) is 25.1 Å². The number of benzene rings is 2. The zero-order valence-electron chi connectivity index (χ0n) is 17.8. The first-order chi connectivity index (χ1) is 15.6. The number of hydrogen-bond donors (Lipinski definition) is 1. The lowest BCUT2D eigenvalue weighted by Gasteiger charge is -2.19. The second-order valence-electron chi connectivity index (χ2n) is 8.57. The summed E-state index contributed by atoms with van der Waals surface area (Å²) in [4.78, 5) is 43.4. The number of imide groups is 1. The van der Waals surface area contributed by atoms with Crippen molar-refractivity contribution in [1.82, 2.24) is 9.88 Å². The van der Waals surface area contributed by atoms with E-state index in [0.717, 1.165) is 48.2 Å². The molecule has 1 aliphatic heterocycles. The average Bonchev–Trinajstić information content (AvgIpc) is 3.32. The van der Waals surface area contributed by atoms with Crippen LogP contribution in [0.4, 0.5) is 5.69 Å². The van der Waals surface area contributed by atoms with E-state index in [1.54, 1.807) is 11.3 Å². The van der Waals surface area contributed by atoms with Gasteiger partial charge in [0.1, 0.15) is 0 Å². The minimum Gasteiger partial charge on any atom is -0.326 e. The molecule has 0 spiro atoms. The quantitative estimate of drug-likeness (QED) is 0.569. The molecule has 6 nitrogen and oxygen atoms in total. The fourth-order valence-corrected chi connectivity index (χ4v) is 5.77. The van der Waals surface area contributed by atoms with E-state index in [4.69, 9.17) is 0 Å². The van der Waals surface area contributed by atoms with Crippen molar-refractivity contribution >= 4 is 45.0 Å². The molecule has 164 valence electrons. The minimum atomic E-state index is -0.195. The molecule has 3 amide bonds. The van der Waals surface area contributed by atoms with Gasteiger partial charge in [-0.15, -0.1) is 11.3 Å². The molecule has 2 heterocycles. The first kappa shape index (κ1) is 20.8. The monoisotopic (exact) mass is 447 g/mol. The van der Waals surface area contributed by atoms with Gasteiger partial charge in [-0.25, -0.2) is 4.98 Å². The van der Waals surface area contributed by atoms with Crippen molar-refractivity contribution in [3.8, 4) is 0 Å². The highest BCUT2D eigenvalue weighted by Gasteiger charge is 2.47. The minimum absolute atomic E-state index is 0.0910. The van der Waals surface area contributed by atoms with E-state index in [2.05, 4.69) is 16.4 Å². The molecule has 2 atom stereocenters. The van der Waals surface area contributed by atoms with Gasteiger partial charge in [-0.3, -0.25) is 19.3 Å². The molecule has 2 unspecified atom stereocenters. The molecular formula is C25H25N3O3S. The van der Waals surface area contributed by atoms with Crippen molar-refractivity contribution in [3.05, 3.63) is 59.1 Å². The first-order valence-corrected chi connectivity index (χ1v) is 12.0. The van der Waals surface area contributed by atoms with Gasteiger partial charge in [0.2, 0.25) is 17.7 Å². The van der Waals surface area contributed by atoms with Gasteiger partial charge in [-0.2, -0.15) is 0 Å². The average molecular weight is 448 g/mol. The number of para-hydroxylation sites is 1. The maximum absolute atomic E-state index is 12.5. The van der Waals surface area contributed by atoms with Gasteiger partial charge in [0.15, 0.2) is 0 Å². The summed E-state index contributed by atoms with van der Waals surface area (Å²) in [6, 6.07) is 15.8. The van der Waals surface area contributed by atoms with Gasteiger partial charge < -0.3 is 5.32 Å². The maximum atomic E-state index is 12.5. The number of likely N-dealkylation sites (tertiary alicyclic amines) is 1. The zero-order valence-corrected chi connectivity index (χ0v) is 18.6. The van der Waals surface area contributed by atoms with E-state index < -0.39 is 0 Å². The Hall–Kier alpha value is -3.06. The van der Waals surface area contributed by atoms with Crippen LogP contribution in [0.5, 0.6) is 0 Å². The summed E-state index contributed by atoms with van der Waals surface area (Å²) in [6.45, 7) is 0.159. The van der Waals surface area contributed by atoms with Crippen LogP contribution in [0, 0.1) is 11.8 Å². The van der Waals surface area contributed by atoms with Crippen molar-refractivity contribution in [2.45, 2.75) is 38.5 Å². The smallest absolute Gasteiger partial charge is 0.233 e. The van der Waals surface area contributed by atoms with Crippen LogP contribution in [-0.4, -0.2) is 34.2 Å². The predicted molar refractivity (Wildman–Crippen MR) is 124 cm³/mol. The fraction of sp³-hybridized carbons (Fsp3) is 0.360. The number of nitrogens with one attached hydrogen (secondary N) is 1. The summed E-state index contributed by atoms with van der Waals surface area (Å²) >= 11 is 1.69. The predicted octanol–water partition coefficient (Wildman–Crippen LogP) is 4.39. The van der Waals surface area contributed by atoms with Crippen LogP contribution in [0.2, 0.25) is 0 Å². The molecule has 1 aromatic heterocycles. The number of anilines is 1. The van der Waals surface area contributed by atoms with Crippen LogP contribution in [0.15, 0.2) is 48.5 Å². The molecule has 2 fully saturated rings. The van der Waals surface area contributed by atoms with E-state index in [-0.39, 0.29) is 42.5 Å². The molecular weight excluding hydrogens is 422 g/mol. The Morgan fingerprint density at radius 2 is 1.69 bits per heavy atom. The van der Waals surface area contributed by atoms with Crippen LogP contribution < -0.4 is 5.32 Å². The molecule has 0 bridgehead atoms. The Labute approximate surface area is 190 Å². The van der Waals surface area contributed by atoms with Crippen molar-refractivity contribution in [2.24, 2.45) is 11.8 Å². The van der Waals surface area contributed by atoms with Crippen molar-refractivity contribution in [1.29, 1.82) is 0 Å². The molecule has 3 aromatic rings. The Morgan fingerprint density at radius 1 is 1.00 bits per heavy atom. The molecule has 1 aliphatic carbocycles. The normalized spacial score (nSPS) is 20.6. The van der Waals surface area contributed by atoms with Crippen molar-refractivity contribution in [2.75, 3.05) is 11.9 Å². The van der Waals surface area contributed by atoms with Crippen LogP contribution in [0.3, 0.4) is 0 Å². The van der Waals surface area contributed by atoms with E-state index in [1.165, 1.54) is 9.60 Å². The summed E-state index contributed by atoms with van der Waals surface area (Å²) in [5.41, 5.74) is 2.85. The lowest BCUT2D eigenvalue weighted by Crippen LogP contribution is -2.34. The highest BCUT2D eigenvalue weighted by Crippen LogP contribution is 2.38. The molecule has 2 aliphatic rings. The summed E-state index contributed by atoms with van der Waals surface area (Å²) in [5.74, 6) is -0.706. The number of hydrogen-bond acceptors (Lipinski definition) is 5. The SMILES string of the molecule is O=C(CCN1C(=O)C2CCCCC2C1=O)Nc1ccc(Cc2nc3ccccc3s2)cc1. The van der Waals surface area contributed by atoms with Crippen LogP contribution >= 0.6 is 11.3 Å². The maximum Gasteiger partial charge on any atom is 0.233 e. The standard InChI is InChI=1S/C25H25N3O3S/c29-22(13-14-28-24(30)18-5-1-2-6-19(18)25(28)31)26-17-11-9-16(10-12-17)15-23-27-20-7-3-4-8-21(20)32-23/h3-4,7-12,18-19H,1-2,5-6,13-15H2,(H,26,29). The molecule has 5 rings (SSSR count). The number of rotatable bonds is 6. The van der Waals surface area contributed by atoms with E-state index in [1.807, 2.05) is 42.5 Å². The summed E-state index contributed by atoms with van der Waals surface area (Å²) in [6.07, 6.45) is 4.45. The van der Waals surface area contributed by atoms with Gasteiger partial charge in [-0.05, 0) is 42.7 Å². The third kappa shape index (κ3) is 4.17. The number of aromatic nitrogens is 1. The van der Waals surface area contributed by atoms with Gasteiger partial charge in [-0.1, -0.05) is 37.1 Å². The number of fused-ring (bicyclic) bond motifs is 2. The number of nitrogens with zero attached hydrogens (tertiary/aromatic N) is 2. The lowest BCUT2D eigenvalue weighted by atomic mass is 9.81. The molecule has 32 heavy (non-hydrogen) atoms. The highest BCUT2D eigenvalue weighted by molar-refractivity contribution is 7.18. The zero-order chi connectivity index (χ0) is 22.1. The first-order valence-electron chi connectivity index (χ1n) is 11.2. The Bertz CT molecular complexity index is 1110. The second-order valence-corrected chi connectivity index (χ2v) is 9.69. The van der Waals surface area contributed by atoms with Gasteiger partial charge in [0.05, 0.1) is 27.1 Å². The summed E-state index contributed by atoms with van der Waals surface area (Å²) in [5, 5.41) is 3.93. The Balaban J connectivity index is 1.14. The number of carbonyl (C=O) groups excluding carboxylic acids is 3. The second kappa shape index (κ2) is 8.82. The van der Waals surface area contributed by atoms with E-state index >= 15 is 0 Å². The number of thiazole rings is 1. The molecule has 1 saturated carbocycles. The van der Waals surface area contributed by atoms with Crippen LogP contribution in [-0.2, 0) is 20.8 Å². The highest BCUT2D eigenvalue weighted by atomic mass is 32.1. The van der Waals surface area contributed by atoms with Gasteiger partial charge >= 0.3 is 0 Å². The third-order valence-electron chi connectivity index (χ3n) is 6.43. The lowest BCUT2D eigenvalue weighted by molar-refractivity contribution is -0.140.